The molecule has 0 saturated heterocycles. The molecular formula is C20H22N2O5. The largest absolute Gasteiger partial charge is 0.462 e. The van der Waals surface area contributed by atoms with Crippen LogP contribution in [0.4, 0.5) is 5.69 Å². The predicted molar refractivity (Wildman–Crippen MR) is 99.9 cm³/mol. The quantitative estimate of drug-likeness (QED) is 0.695. The number of para-hydroxylation sites is 1. The van der Waals surface area contributed by atoms with Gasteiger partial charge in [-0.1, -0.05) is 18.2 Å². The first-order valence-corrected chi connectivity index (χ1v) is 8.82. The van der Waals surface area contributed by atoms with Crippen molar-refractivity contribution in [3.63, 3.8) is 0 Å². The van der Waals surface area contributed by atoms with Crippen LogP contribution in [0, 0.1) is 0 Å². The molecule has 142 valence electrons. The van der Waals surface area contributed by atoms with E-state index in [9.17, 15) is 9.59 Å². The number of hydrogen-bond donors (Lipinski definition) is 2. The number of hydrogen-bond acceptors (Lipinski definition) is 6. The Morgan fingerprint density at radius 1 is 1.11 bits per heavy atom. The van der Waals surface area contributed by atoms with Gasteiger partial charge in [-0.25, -0.2) is 4.79 Å². The number of rotatable bonds is 8. The molecule has 1 heterocycles. The van der Waals surface area contributed by atoms with Crippen LogP contribution in [0.2, 0.25) is 0 Å². The third-order valence-electron chi connectivity index (χ3n) is 4.02. The number of carbonyl (C=O) groups excluding carboxylic acids is 2. The van der Waals surface area contributed by atoms with E-state index in [4.69, 9.17) is 14.2 Å². The van der Waals surface area contributed by atoms with E-state index in [1.165, 1.54) is 0 Å². The Morgan fingerprint density at radius 3 is 2.78 bits per heavy atom. The Morgan fingerprint density at radius 2 is 1.93 bits per heavy atom. The summed E-state index contributed by atoms with van der Waals surface area (Å²) >= 11 is 0. The molecule has 0 spiro atoms. The molecule has 1 amide bonds. The van der Waals surface area contributed by atoms with Gasteiger partial charge in [0.25, 0.3) is 0 Å². The van der Waals surface area contributed by atoms with Crippen LogP contribution in [-0.4, -0.2) is 31.8 Å². The van der Waals surface area contributed by atoms with Gasteiger partial charge >= 0.3 is 5.97 Å². The van der Waals surface area contributed by atoms with Crippen molar-refractivity contribution >= 4 is 17.6 Å². The van der Waals surface area contributed by atoms with Gasteiger partial charge in [-0.2, -0.15) is 0 Å². The topological polar surface area (TPSA) is 85.9 Å². The molecule has 0 aliphatic carbocycles. The molecule has 1 aliphatic heterocycles. The molecule has 2 aromatic rings. The molecule has 3 rings (SSSR count). The number of ether oxygens (including phenoxy) is 3. The van der Waals surface area contributed by atoms with Gasteiger partial charge in [0.1, 0.15) is 0 Å². The van der Waals surface area contributed by atoms with Crippen LogP contribution in [0.25, 0.3) is 0 Å². The van der Waals surface area contributed by atoms with Crippen molar-refractivity contribution in [2.24, 2.45) is 0 Å². The number of esters is 1. The predicted octanol–water partition coefficient (Wildman–Crippen LogP) is 2.71. The maximum Gasteiger partial charge on any atom is 0.340 e. The van der Waals surface area contributed by atoms with E-state index in [1.807, 2.05) is 24.3 Å². The Hall–Kier alpha value is -3.22. The zero-order chi connectivity index (χ0) is 19.1. The molecule has 0 saturated carbocycles. The molecule has 7 nitrogen and oxygen atoms in total. The first-order chi connectivity index (χ1) is 13.2. The van der Waals surface area contributed by atoms with Crippen molar-refractivity contribution in [1.29, 1.82) is 0 Å². The van der Waals surface area contributed by atoms with Crippen LogP contribution in [0.3, 0.4) is 0 Å². The van der Waals surface area contributed by atoms with Gasteiger partial charge in [0, 0.05) is 25.2 Å². The fourth-order valence-electron chi connectivity index (χ4n) is 2.67. The normalized spacial score (nSPS) is 11.7. The van der Waals surface area contributed by atoms with Crippen LogP contribution < -0.4 is 20.1 Å². The summed E-state index contributed by atoms with van der Waals surface area (Å²) in [5, 5.41) is 5.98. The van der Waals surface area contributed by atoms with Crippen molar-refractivity contribution < 1.29 is 23.8 Å². The molecule has 2 N–H and O–H groups in total. The minimum Gasteiger partial charge on any atom is -0.462 e. The highest BCUT2D eigenvalue weighted by Crippen LogP contribution is 2.32. The highest BCUT2D eigenvalue weighted by atomic mass is 16.7. The fraction of sp³-hybridized carbons (Fsp3) is 0.300. The number of fused-ring (bicyclic) bond motifs is 1. The molecule has 27 heavy (non-hydrogen) atoms. The summed E-state index contributed by atoms with van der Waals surface area (Å²) < 4.78 is 15.6. The Balaban J connectivity index is 1.45. The molecule has 0 radical (unpaired) electrons. The monoisotopic (exact) mass is 370 g/mol. The SMILES string of the molecule is CCOC(=O)c1ccccc1NCCC(=O)NCc1ccc2c(c1)OCO2. The summed E-state index contributed by atoms with van der Waals surface area (Å²) in [6, 6.07) is 12.7. The van der Waals surface area contributed by atoms with E-state index in [2.05, 4.69) is 10.6 Å². The zero-order valence-corrected chi connectivity index (χ0v) is 15.1. The number of amides is 1. The molecule has 1 aliphatic rings. The average Bonchev–Trinajstić information content (AvgIpc) is 3.15. The summed E-state index contributed by atoms with van der Waals surface area (Å²) in [7, 11) is 0. The van der Waals surface area contributed by atoms with Gasteiger partial charge in [-0.15, -0.1) is 0 Å². The van der Waals surface area contributed by atoms with Crippen molar-refractivity contribution in [2.75, 3.05) is 25.3 Å². The molecule has 2 aromatic carbocycles. The third kappa shape index (κ3) is 4.91. The highest BCUT2D eigenvalue weighted by Gasteiger charge is 2.14. The van der Waals surface area contributed by atoms with E-state index in [0.717, 1.165) is 11.3 Å². The van der Waals surface area contributed by atoms with Gasteiger partial charge in [0.2, 0.25) is 12.7 Å². The third-order valence-corrected chi connectivity index (χ3v) is 4.02. The van der Waals surface area contributed by atoms with E-state index >= 15 is 0 Å². The van der Waals surface area contributed by atoms with Crippen molar-refractivity contribution in [1.82, 2.24) is 5.32 Å². The second-order valence-electron chi connectivity index (χ2n) is 5.91. The molecule has 7 heteroatoms. The summed E-state index contributed by atoms with van der Waals surface area (Å²) in [5.74, 6) is 0.940. The number of nitrogens with one attached hydrogen (secondary N) is 2. The lowest BCUT2D eigenvalue weighted by molar-refractivity contribution is -0.121. The molecule has 0 unspecified atom stereocenters. The highest BCUT2D eigenvalue weighted by molar-refractivity contribution is 5.95. The molecule has 0 bridgehead atoms. The van der Waals surface area contributed by atoms with E-state index in [1.54, 1.807) is 25.1 Å². The number of carbonyl (C=O) groups is 2. The minimum atomic E-state index is -0.382. The van der Waals surface area contributed by atoms with E-state index < -0.39 is 0 Å². The lowest BCUT2D eigenvalue weighted by Crippen LogP contribution is -2.25. The van der Waals surface area contributed by atoms with Crippen molar-refractivity contribution in [3.05, 3.63) is 53.6 Å². The average molecular weight is 370 g/mol. The molecule has 0 fully saturated rings. The smallest absolute Gasteiger partial charge is 0.340 e. The second-order valence-corrected chi connectivity index (χ2v) is 5.91. The van der Waals surface area contributed by atoms with Gasteiger partial charge in [0.05, 0.1) is 12.2 Å². The Kier molecular flexibility index (Phi) is 6.14. The Labute approximate surface area is 157 Å². The van der Waals surface area contributed by atoms with Gasteiger partial charge in [-0.3, -0.25) is 4.79 Å². The van der Waals surface area contributed by atoms with Crippen LogP contribution in [-0.2, 0) is 16.1 Å². The number of benzene rings is 2. The standard InChI is InChI=1S/C20H22N2O5/c1-2-25-20(24)15-5-3-4-6-16(15)21-10-9-19(23)22-12-14-7-8-17-18(11-14)27-13-26-17/h3-8,11,21H,2,9-10,12-13H2,1H3,(H,22,23). The van der Waals surface area contributed by atoms with Gasteiger partial charge in [-0.05, 0) is 36.8 Å². The number of anilines is 1. The summed E-state index contributed by atoms with van der Waals surface area (Å²) in [6.45, 7) is 3.12. The summed E-state index contributed by atoms with van der Waals surface area (Å²) in [4.78, 5) is 24.0. The zero-order valence-electron chi connectivity index (χ0n) is 15.1. The van der Waals surface area contributed by atoms with E-state index in [-0.39, 0.29) is 25.1 Å². The Bertz CT molecular complexity index is 822. The second kappa shape index (κ2) is 8.93. The summed E-state index contributed by atoms with van der Waals surface area (Å²) in [6.07, 6.45) is 0.279. The lowest BCUT2D eigenvalue weighted by Gasteiger charge is -2.11. The lowest BCUT2D eigenvalue weighted by atomic mass is 10.1. The first kappa shape index (κ1) is 18.6. The van der Waals surface area contributed by atoms with Crippen LogP contribution in [0.5, 0.6) is 11.5 Å². The first-order valence-electron chi connectivity index (χ1n) is 8.82. The summed E-state index contributed by atoms with van der Waals surface area (Å²) in [5.41, 5.74) is 2.05. The van der Waals surface area contributed by atoms with Crippen molar-refractivity contribution in [3.8, 4) is 11.5 Å². The van der Waals surface area contributed by atoms with E-state index in [0.29, 0.717) is 36.7 Å². The maximum absolute atomic E-state index is 12.1. The molecule has 0 atom stereocenters. The molecular weight excluding hydrogens is 348 g/mol. The fourth-order valence-corrected chi connectivity index (χ4v) is 2.67. The van der Waals surface area contributed by atoms with Gasteiger partial charge < -0.3 is 24.8 Å². The van der Waals surface area contributed by atoms with Crippen LogP contribution >= 0.6 is 0 Å². The van der Waals surface area contributed by atoms with Crippen LogP contribution in [0.15, 0.2) is 42.5 Å². The molecule has 0 aromatic heterocycles. The van der Waals surface area contributed by atoms with Gasteiger partial charge in [0.15, 0.2) is 11.5 Å². The van der Waals surface area contributed by atoms with Crippen molar-refractivity contribution in [2.45, 2.75) is 19.9 Å². The minimum absolute atomic E-state index is 0.0891. The maximum atomic E-state index is 12.1. The van der Waals surface area contributed by atoms with Crippen LogP contribution in [0.1, 0.15) is 29.3 Å².